The normalized spacial score (nSPS) is 11.0. The zero-order chi connectivity index (χ0) is 15.1. The first kappa shape index (κ1) is 13.2. The van der Waals surface area contributed by atoms with Crippen LogP contribution >= 0.6 is 0 Å². The third-order valence-electron chi connectivity index (χ3n) is 2.99. The lowest BCUT2D eigenvalue weighted by Gasteiger charge is -1.99. The molecule has 4 nitrogen and oxygen atoms in total. The van der Waals surface area contributed by atoms with Crippen molar-refractivity contribution in [1.82, 2.24) is 9.97 Å². The fourth-order valence-corrected chi connectivity index (χ4v) is 1.97. The van der Waals surface area contributed by atoms with Crippen LogP contribution in [0.15, 0.2) is 30.3 Å². The number of carbonyl (C=O) groups is 1. The molecule has 1 heterocycles. The number of aromatic amines is 1. The van der Waals surface area contributed by atoms with Gasteiger partial charge in [0.25, 0.3) is 0 Å². The molecule has 2 N–H and O–H groups in total. The molecule has 0 saturated heterocycles. The summed E-state index contributed by atoms with van der Waals surface area (Å²) < 4.78 is 39.4. The highest BCUT2D eigenvalue weighted by molar-refractivity contribution is 5.92. The molecule has 0 aliphatic heterocycles. The van der Waals surface area contributed by atoms with Gasteiger partial charge in [-0.05, 0) is 30.3 Å². The van der Waals surface area contributed by atoms with Gasteiger partial charge in [0, 0.05) is 5.56 Å². The highest BCUT2D eigenvalue weighted by Crippen LogP contribution is 2.24. The quantitative estimate of drug-likeness (QED) is 0.712. The first-order chi connectivity index (χ1) is 9.95. The van der Waals surface area contributed by atoms with Crippen molar-refractivity contribution < 1.29 is 23.1 Å². The van der Waals surface area contributed by atoms with Crippen molar-refractivity contribution in [3.8, 4) is 11.4 Å². The zero-order valence-electron chi connectivity index (χ0n) is 10.3. The number of rotatable bonds is 2. The molecule has 7 heteroatoms. The van der Waals surface area contributed by atoms with Gasteiger partial charge in [0.2, 0.25) is 0 Å². The Balaban J connectivity index is 2.15. The Bertz CT molecular complexity index is 851. The van der Waals surface area contributed by atoms with Gasteiger partial charge in [-0.3, -0.25) is 0 Å². The molecular weight excluding hydrogens is 285 g/mol. The molecule has 0 aliphatic rings. The Kier molecular flexibility index (Phi) is 2.90. The second-order valence-corrected chi connectivity index (χ2v) is 4.38. The molecule has 0 aliphatic carbocycles. The summed E-state index contributed by atoms with van der Waals surface area (Å²) in [7, 11) is 0. The minimum Gasteiger partial charge on any atom is -0.478 e. The highest BCUT2D eigenvalue weighted by atomic mass is 19.2. The standard InChI is InChI=1S/C14H7F3N2O2/c15-8-3-7(4-9(16)12(8)17)13-18-10-2-1-6(14(20)21)5-11(10)19-13/h1-5H,(H,18,19)(H,20,21). The van der Waals surface area contributed by atoms with Crippen LogP contribution in [0.1, 0.15) is 10.4 Å². The van der Waals surface area contributed by atoms with Gasteiger partial charge in [0.05, 0.1) is 16.6 Å². The minimum atomic E-state index is -1.55. The molecule has 0 bridgehead atoms. The lowest BCUT2D eigenvalue weighted by atomic mass is 10.2. The SMILES string of the molecule is O=C(O)c1ccc2nc(-c3cc(F)c(F)c(F)c3)[nH]c2c1. The van der Waals surface area contributed by atoms with Gasteiger partial charge in [-0.2, -0.15) is 0 Å². The number of fused-ring (bicyclic) bond motifs is 1. The molecule has 21 heavy (non-hydrogen) atoms. The number of halogens is 3. The maximum Gasteiger partial charge on any atom is 0.335 e. The van der Waals surface area contributed by atoms with Crippen LogP contribution < -0.4 is 0 Å². The van der Waals surface area contributed by atoms with Crippen molar-refractivity contribution >= 4 is 17.0 Å². The zero-order valence-corrected chi connectivity index (χ0v) is 10.3. The smallest absolute Gasteiger partial charge is 0.335 e. The fraction of sp³-hybridized carbons (Fsp3) is 0. The summed E-state index contributed by atoms with van der Waals surface area (Å²) in [4.78, 5) is 17.7. The molecule has 0 atom stereocenters. The van der Waals surface area contributed by atoms with Gasteiger partial charge in [0.15, 0.2) is 17.5 Å². The number of hydrogen-bond acceptors (Lipinski definition) is 2. The average molecular weight is 292 g/mol. The van der Waals surface area contributed by atoms with Crippen LogP contribution in [0.25, 0.3) is 22.4 Å². The number of benzene rings is 2. The Morgan fingerprint density at radius 2 is 1.76 bits per heavy atom. The van der Waals surface area contributed by atoms with Gasteiger partial charge in [-0.15, -0.1) is 0 Å². The summed E-state index contributed by atoms with van der Waals surface area (Å²) >= 11 is 0. The molecule has 3 aromatic rings. The van der Waals surface area contributed by atoms with Crippen molar-refractivity contribution in [1.29, 1.82) is 0 Å². The van der Waals surface area contributed by atoms with E-state index in [1.807, 2.05) is 0 Å². The predicted octanol–water partition coefficient (Wildman–Crippen LogP) is 3.35. The maximum absolute atomic E-state index is 13.2. The van der Waals surface area contributed by atoms with Crippen molar-refractivity contribution in [2.24, 2.45) is 0 Å². The number of imidazole rings is 1. The number of aromatic carboxylic acids is 1. The Hall–Kier alpha value is -2.83. The summed E-state index contributed by atoms with van der Waals surface area (Å²) in [5.74, 6) is -5.19. The van der Waals surface area contributed by atoms with E-state index in [0.717, 1.165) is 12.1 Å². The number of hydrogen-bond donors (Lipinski definition) is 2. The van der Waals surface area contributed by atoms with Crippen LogP contribution in [0.4, 0.5) is 13.2 Å². The van der Waals surface area contributed by atoms with E-state index in [9.17, 15) is 18.0 Å². The third kappa shape index (κ3) is 2.22. The lowest BCUT2D eigenvalue weighted by molar-refractivity contribution is 0.0697. The lowest BCUT2D eigenvalue weighted by Crippen LogP contribution is -1.94. The Labute approximate surface area is 115 Å². The third-order valence-corrected chi connectivity index (χ3v) is 2.99. The van der Waals surface area contributed by atoms with E-state index in [0.29, 0.717) is 11.0 Å². The first-order valence-corrected chi connectivity index (χ1v) is 5.83. The van der Waals surface area contributed by atoms with E-state index < -0.39 is 23.4 Å². The molecule has 0 radical (unpaired) electrons. The predicted molar refractivity (Wildman–Crippen MR) is 68.4 cm³/mol. The van der Waals surface area contributed by atoms with Crippen molar-refractivity contribution in [3.63, 3.8) is 0 Å². The van der Waals surface area contributed by atoms with Gasteiger partial charge >= 0.3 is 5.97 Å². The molecule has 106 valence electrons. The number of carboxylic acid groups (broad SMARTS) is 1. The maximum atomic E-state index is 13.2. The number of nitrogens with zero attached hydrogens (tertiary/aromatic N) is 1. The van der Waals surface area contributed by atoms with Crippen molar-refractivity contribution in [2.75, 3.05) is 0 Å². The summed E-state index contributed by atoms with van der Waals surface area (Å²) in [6, 6.07) is 5.81. The second kappa shape index (κ2) is 4.62. The number of H-pyrrole nitrogens is 1. The monoisotopic (exact) mass is 292 g/mol. The molecule has 1 aromatic heterocycles. The van der Waals surface area contributed by atoms with E-state index in [1.54, 1.807) is 0 Å². The Morgan fingerprint density at radius 1 is 1.10 bits per heavy atom. The largest absolute Gasteiger partial charge is 0.478 e. The molecule has 2 aromatic carbocycles. The summed E-state index contributed by atoms with van der Waals surface area (Å²) in [5, 5.41) is 8.90. The van der Waals surface area contributed by atoms with E-state index in [-0.39, 0.29) is 17.0 Å². The van der Waals surface area contributed by atoms with E-state index in [1.165, 1.54) is 18.2 Å². The van der Waals surface area contributed by atoms with Crippen LogP contribution in [0.2, 0.25) is 0 Å². The van der Waals surface area contributed by atoms with Crippen molar-refractivity contribution in [2.45, 2.75) is 0 Å². The summed E-state index contributed by atoms with van der Waals surface area (Å²) in [6.45, 7) is 0. The van der Waals surface area contributed by atoms with Crippen LogP contribution in [-0.2, 0) is 0 Å². The van der Waals surface area contributed by atoms with Gasteiger partial charge < -0.3 is 10.1 Å². The topological polar surface area (TPSA) is 66.0 Å². The van der Waals surface area contributed by atoms with Gasteiger partial charge in [-0.25, -0.2) is 22.9 Å². The molecule has 3 rings (SSSR count). The van der Waals surface area contributed by atoms with E-state index in [2.05, 4.69) is 9.97 Å². The fourth-order valence-electron chi connectivity index (χ4n) is 1.97. The van der Waals surface area contributed by atoms with Crippen LogP contribution in [-0.4, -0.2) is 21.0 Å². The van der Waals surface area contributed by atoms with E-state index >= 15 is 0 Å². The van der Waals surface area contributed by atoms with Crippen LogP contribution in [0.5, 0.6) is 0 Å². The molecule has 0 saturated carbocycles. The first-order valence-electron chi connectivity index (χ1n) is 5.83. The van der Waals surface area contributed by atoms with Crippen molar-refractivity contribution in [3.05, 3.63) is 53.3 Å². The molecule has 0 unspecified atom stereocenters. The number of carboxylic acids is 1. The molecule has 0 fully saturated rings. The minimum absolute atomic E-state index is 0.0273. The highest BCUT2D eigenvalue weighted by Gasteiger charge is 2.14. The van der Waals surface area contributed by atoms with Crippen LogP contribution in [0.3, 0.4) is 0 Å². The second-order valence-electron chi connectivity index (χ2n) is 4.38. The van der Waals surface area contributed by atoms with Gasteiger partial charge in [-0.1, -0.05) is 0 Å². The molecule has 0 amide bonds. The summed E-state index contributed by atoms with van der Waals surface area (Å²) in [5.41, 5.74) is 0.906. The van der Waals surface area contributed by atoms with Gasteiger partial charge in [0.1, 0.15) is 5.82 Å². The number of aromatic nitrogens is 2. The van der Waals surface area contributed by atoms with E-state index in [4.69, 9.17) is 5.11 Å². The molecular formula is C14H7F3N2O2. The summed E-state index contributed by atoms with van der Waals surface area (Å²) in [6.07, 6.45) is 0. The average Bonchev–Trinajstić information content (AvgIpc) is 2.86. The Morgan fingerprint density at radius 3 is 2.38 bits per heavy atom. The van der Waals surface area contributed by atoms with Crippen LogP contribution in [0, 0.1) is 17.5 Å². The molecule has 0 spiro atoms. The number of nitrogens with one attached hydrogen (secondary N) is 1.